The third kappa shape index (κ3) is 6.01. The minimum atomic E-state index is -1.01. The van der Waals surface area contributed by atoms with Gasteiger partial charge in [-0.3, -0.25) is 4.79 Å². The Kier molecular flexibility index (Phi) is 7.89. The van der Waals surface area contributed by atoms with E-state index in [1.165, 1.54) is 4.90 Å². The summed E-state index contributed by atoms with van der Waals surface area (Å²) in [6, 6.07) is 14.4. The highest BCUT2D eigenvalue weighted by atomic mass is 16.4. The van der Waals surface area contributed by atoms with Crippen LogP contribution in [0.15, 0.2) is 48.5 Å². The van der Waals surface area contributed by atoms with E-state index < -0.39 is 12.0 Å². The van der Waals surface area contributed by atoms with Crippen LogP contribution in [0.2, 0.25) is 0 Å². The van der Waals surface area contributed by atoms with Crippen LogP contribution in [-0.2, 0) is 16.1 Å². The second kappa shape index (κ2) is 10.8. The Bertz CT molecular complexity index is 1060. The van der Waals surface area contributed by atoms with Crippen molar-refractivity contribution in [1.82, 2.24) is 25.5 Å². The van der Waals surface area contributed by atoms with Crippen molar-refractivity contribution in [3.63, 3.8) is 0 Å². The number of carbonyl (C=O) groups is 2. The number of rotatable bonds is 10. The molecule has 1 aromatic heterocycles. The lowest BCUT2D eigenvalue weighted by atomic mass is 9.97. The molecule has 0 radical (unpaired) electrons. The van der Waals surface area contributed by atoms with Crippen LogP contribution in [0.4, 0.5) is 0 Å². The van der Waals surface area contributed by atoms with E-state index in [2.05, 4.69) is 20.6 Å². The standard InChI is InChI=1S/C24H30N6O3/c1-15(2)22(24(32)33)30(21(31)13-8-16(3)25)14-17-9-11-18(12-10-17)19-6-4-5-7-20(19)23-26-28-29-27-23/h4-7,9-12,15-16,22H,8,13-14,25H2,1-3H3,(H,32,33)(H,26,27,28,29)/t16?,22-/m0/s1. The summed E-state index contributed by atoms with van der Waals surface area (Å²) in [7, 11) is 0. The second-order valence-corrected chi connectivity index (χ2v) is 8.54. The lowest BCUT2D eigenvalue weighted by Gasteiger charge is -2.32. The molecule has 3 aromatic rings. The van der Waals surface area contributed by atoms with Gasteiger partial charge in [-0.2, -0.15) is 5.21 Å². The Labute approximate surface area is 193 Å². The Morgan fingerprint density at radius 2 is 1.73 bits per heavy atom. The number of aromatic amines is 1. The van der Waals surface area contributed by atoms with E-state index in [1.807, 2.05) is 69.3 Å². The number of tetrazole rings is 1. The maximum absolute atomic E-state index is 13.0. The van der Waals surface area contributed by atoms with E-state index in [0.717, 1.165) is 22.3 Å². The molecule has 1 amide bonds. The largest absolute Gasteiger partial charge is 0.480 e. The fourth-order valence-electron chi connectivity index (χ4n) is 3.81. The normalized spacial score (nSPS) is 13.0. The van der Waals surface area contributed by atoms with Crippen LogP contribution in [0.3, 0.4) is 0 Å². The summed E-state index contributed by atoms with van der Waals surface area (Å²) >= 11 is 0. The monoisotopic (exact) mass is 450 g/mol. The zero-order valence-electron chi connectivity index (χ0n) is 19.1. The predicted molar refractivity (Wildman–Crippen MR) is 125 cm³/mol. The molecule has 1 unspecified atom stereocenters. The van der Waals surface area contributed by atoms with Gasteiger partial charge in [-0.05, 0) is 41.2 Å². The third-order valence-electron chi connectivity index (χ3n) is 5.49. The molecule has 4 N–H and O–H groups in total. The molecular formula is C24H30N6O3. The lowest BCUT2D eigenvalue weighted by molar-refractivity contribution is -0.153. The van der Waals surface area contributed by atoms with E-state index in [0.29, 0.717) is 12.2 Å². The average Bonchev–Trinajstić information content (AvgIpc) is 3.32. The maximum atomic E-state index is 13.0. The highest BCUT2D eigenvalue weighted by molar-refractivity contribution is 5.84. The minimum Gasteiger partial charge on any atom is -0.480 e. The molecule has 0 saturated carbocycles. The van der Waals surface area contributed by atoms with Crippen molar-refractivity contribution in [2.75, 3.05) is 0 Å². The van der Waals surface area contributed by atoms with Crippen LogP contribution in [-0.4, -0.2) is 54.6 Å². The van der Waals surface area contributed by atoms with Gasteiger partial charge in [-0.25, -0.2) is 4.79 Å². The topological polar surface area (TPSA) is 138 Å². The minimum absolute atomic E-state index is 0.128. The predicted octanol–water partition coefficient (Wildman–Crippen LogP) is 3.10. The number of aliphatic carboxylic acids is 1. The first kappa shape index (κ1) is 24.1. The van der Waals surface area contributed by atoms with Gasteiger partial charge in [0.25, 0.3) is 0 Å². The van der Waals surface area contributed by atoms with E-state index in [9.17, 15) is 14.7 Å². The summed E-state index contributed by atoms with van der Waals surface area (Å²) in [5.41, 5.74) is 9.39. The molecule has 0 fully saturated rings. The Balaban J connectivity index is 1.87. The van der Waals surface area contributed by atoms with Crippen molar-refractivity contribution in [1.29, 1.82) is 0 Å². The van der Waals surface area contributed by atoms with Crippen LogP contribution >= 0.6 is 0 Å². The summed E-state index contributed by atoms with van der Waals surface area (Å²) in [6.45, 7) is 5.66. The number of carboxylic acid groups (broad SMARTS) is 1. The Hall–Kier alpha value is -3.59. The van der Waals surface area contributed by atoms with Crippen molar-refractivity contribution in [3.8, 4) is 22.5 Å². The molecule has 0 aliphatic rings. The number of H-pyrrole nitrogens is 1. The number of nitrogens with one attached hydrogen (secondary N) is 1. The van der Waals surface area contributed by atoms with Crippen LogP contribution in [0, 0.1) is 5.92 Å². The lowest BCUT2D eigenvalue weighted by Crippen LogP contribution is -2.47. The number of carboxylic acids is 1. The molecule has 2 atom stereocenters. The summed E-state index contributed by atoms with van der Waals surface area (Å²) in [6.07, 6.45) is 0.718. The van der Waals surface area contributed by atoms with Gasteiger partial charge in [0.1, 0.15) is 6.04 Å². The van der Waals surface area contributed by atoms with Crippen LogP contribution in [0.1, 0.15) is 39.2 Å². The molecule has 33 heavy (non-hydrogen) atoms. The number of hydrogen-bond acceptors (Lipinski definition) is 6. The summed E-state index contributed by atoms with van der Waals surface area (Å²) < 4.78 is 0. The maximum Gasteiger partial charge on any atom is 0.326 e. The molecule has 0 spiro atoms. The van der Waals surface area contributed by atoms with E-state index in [4.69, 9.17) is 5.73 Å². The van der Waals surface area contributed by atoms with Crippen LogP contribution in [0.25, 0.3) is 22.5 Å². The fraction of sp³-hybridized carbons (Fsp3) is 0.375. The van der Waals surface area contributed by atoms with Gasteiger partial charge in [-0.1, -0.05) is 62.4 Å². The molecule has 0 aliphatic carbocycles. The van der Waals surface area contributed by atoms with Gasteiger partial charge < -0.3 is 15.7 Å². The number of amides is 1. The van der Waals surface area contributed by atoms with Gasteiger partial charge in [-0.15, -0.1) is 10.2 Å². The molecule has 174 valence electrons. The zero-order valence-corrected chi connectivity index (χ0v) is 19.1. The van der Waals surface area contributed by atoms with Crippen molar-refractivity contribution < 1.29 is 14.7 Å². The third-order valence-corrected chi connectivity index (χ3v) is 5.49. The molecule has 9 heteroatoms. The first-order chi connectivity index (χ1) is 15.8. The van der Waals surface area contributed by atoms with Gasteiger partial charge in [0, 0.05) is 24.6 Å². The number of nitrogens with zero attached hydrogens (tertiary/aromatic N) is 4. The second-order valence-electron chi connectivity index (χ2n) is 8.54. The van der Waals surface area contributed by atoms with Crippen molar-refractivity contribution in [2.45, 2.75) is 52.2 Å². The van der Waals surface area contributed by atoms with Gasteiger partial charge in [0.2, 0.25) is 11.7 Å². The summed E-state index contributed by atoms with van der Waals surface area (Å²) in [4.78, 5) is 26.4. The number of hydrogen-bond donors (Lipinski definition) is 3. The number of nitrogens with two attached hydrogens (primary N) is 1. The van der Waals surface area contributed by atoms with E-state index in [-0.39, 0.29) is 30.8 Å². The molecule has 0 bridgehead atoms. The first-order valence-electron chi connectivity index (χ1n) is 11.0. The molecular weight excluding hydrogens is 420 g/mol. The number of aromatic nitrogens is 4. The van der Waals surface area contributed by atoms with E-state index in [1.54, 1.807) is 0 Å². The van der Waals surface area contributed by atoms with Crippen LogP contribution < -0.4 is 5.73 Å². The Morgan fingerprint density at radius 3 is 2.27 bits per heavy atom. The SMILES string of the molecule is CC(N)CCC(=O)N(Cc1ccc(-c2ccccc2-c2nn[nH]n2)cc1)[C@H](C(=O)O)C(C)C. The zero-order chi connectivity index (χ0) is 24.0. The molecule has 3 rings (SSSR count). The van der Waals surface area contributed by atoms with Gasteiger partial charge in [0.05, 0.1) is 0 Å². The molecule has 9 nitrogen and oxygen atoms in total. The van der Waals surface area contributed by atoms with Crippen LogP contribution in [0.5, 0.6) is 0 Å². The summed E-state index contributed by atoms with van der Waals surface area (Å²) in [5.74, 6) is -0.950. The average molecular weight is 451 g/mol. The van der Waals surface area contributed by atoms with E-state index >= 15 is 0 Å². The first-order valence-corrected chi connectivity index (χ1v) is 11.0. The van der Waals surface area contributed by atoms with Gasteiger partial charge in [0.15, 0.2) is 0 Å². The fourth-order valence-corrected chi connectivity index (χ4v) is 3.81. The molecule has 0 saturated heterocycles. The smallest absolute Gasteiger partial charge is 0.326 e. The quantitative estimate of drug-likeness (QED) is 0.431. The van der Waals surface area contributed by atoms with Crippen molar-refractivity contribution in [2.24, 2.45) is 11.7 Å². The highest BCUT2D eigenvalue weighted by Gasteiger charge is 2.32. The number of carbonyl (C=O) groups excluding carboxylic acids is 1. The molecule has 1 heterocycles. The molecule has 2 aromatic carbocycles. The van der Waals surface area contributed by atoms with Gasteiger partial charge >= 0.3 is 5.97 Å². The van der Waals surface area contributed by atoms with Crippen molar-refractivity contribution >= 4 is 11.9 Å². The Morgan fingerprint density at radius 1 is 1.06 bits per heavy atom. The molecule has 0 aliphatic heterocycles. The summed E-state index contributed by atoms with van der Waals surface area (Å²) in [5, 5.41) is 24.1. The highest BCUT2D eigenvalue weighted by Crippen LogP contribution is 2.30. The van der Waals surface area contributed by atoms with Crippen molar-refractivity contribution in [3.05, 3.63) is 54.1 Å². The number of benzene rings is 2.